The predicted octanol–water partition coefficient (Wildman–Crippen LogP) is -1.79. The zero-order valence-electron chi connectivity index (χ0n) is 15.8. The molecule has 0 aliphatic carbocycles. The van der Waals surface area contributed by atoms with Crippen molar-refractivity contribution in [2.24, 2.45) is 7.05 Å². The summed E-state index contributed by atoms with van der Waals surface area (Å²) in [4.78, 5) is 43.7. The summed E-state index contributed by atoms with van der Waals surface area (Å²) in [5, 5.41) is 28.5. The van der Waals surface area contributed by atoms with Gasteiger partial charge in [-0.2, -0.15) is 8.62 Å². The van der Waals surface area contributed by atoms with Crippen LogP contribution in [0.25, 0.3) is 11.2 Å². The van der Waals surface area contributed by atoms with E-state index in [1.54, 1.807) is 7.05 Å². The molecule has 0 bridgehead atoms. The molecule has 7 N–H and O–H groups in total. The molecule has 6 atom stereocenters. The molecule has 0 spiro atoms. The van der Waals surface area contributed by atoms with E-state index in [9.17, 15) is 28.8 Å². The summed E-state index contributed by atoms with van der Waals surface area (Å²) < 4.78 is 53.4. The molecule has 1 fully saturated rings. The first-order valence-corrected chi connectivity index (χ1v) is 12.8. The van der Waals surface area contributed by atoms with E-state index in [0.29, 0.717) is 0 Å². The summed E-state index contributed by atoms with van der Waals surface area (Å²) >= 11 is 0. The van der Waals surface area contributed by atoms with E-state index < -0.39 is 54.6 Å². The third-order valence-corrected chi connectivity index (χ3v) is 7.93. The summed E-state index contributed by atoms with van der Waals surface area (Å²) in [6.45, 7) is -0.961. The lowest BCUT2D eigenvalue weighted by Gasteiger charge is -2.19. The molecule has 2 aromatic heterocycles. The summed E-state index contributed by atoms with van der Waals surface area (Å²) in [5.74, 6) is 0. The third kappa shape index (κ3) is 5.58. The molecule has 1 saturated heterocycles. The van der Waals surface area contributed by atoms with E-state index in [2.05, 4.69) is 23.1 Å². The number of hydrogen-bond donors (Lipinski definition) is 7. The zero-order chi connectivity index (χ0) is 24.1. The minimum Gasteiger partial charge on any atom is -0.387 e. The number of fused-ring (bicyclic) bond motifs is 1. The van der Waals surface area contributed by atoms with Gasteiger partial charge in [-0.05, 0) is 0 Å². The zero-order valence-corrected chi connectivity index (χ0v) is 18.5. The molecule has 0 amide bonds. The molecule has 3 rings (SSSR count). The molecule has 0 radical (unpaired) electrons. The average Bonchev–Trinajstić information content (AvgIpc) is 3.16. The standard InChI is InChI=1S/C11H18N5O13P3/c1-15-3-14-10-6(9(15)12)13-4-16(10)11-8(18)7(17)5(27-11)2-26-31(22,23)29-32(24,25)28-30(19,20)21/h3-5,7-8,11-12,17-18H,2H2,1H3,(H,22,23)(H,24,25)(H2,19,20,21). The van der Waals surface area contributed by atoms with E-state index in [1.807, 2.05) is 0 Å². The number of hydrogen-bond acceptors (Lipinski definition) is 12. The fourth-order valence-electron chi connectivity index (χ4n) is 2.77. The van der Waals surface area contributed by atoms with Gasteiger partial charge in [0, 0.05) is 7.05 Å². The number of aliphatic hydroxyl groups excluding tert-OH is 2. The normalized spacial score (nSPS) is 28.0. The third-order valence-electron chi connectivity index (χ3n) is 4.13. The second kappa shape index (κ2) is 8.77. The Kier molecular flexibility index (Phi) is 6.93. The highest BCUT2D eigenvalue weighted by atomic mass is 31.3. The van der Waals surface area contributed by atoms with Crippen molar-refractivity contribution in [1.29, 1.82) is 5.41 Å². The molecular formula is C11H18N5O13P3. The molecule has 180 valence electrons. The maximum Gasteiger partial charge on any atom is 0.490 e. The molecule has 1 aliphatic rings. The van der Waals surface area contributed by atoms with Crippen LogP contribution in [0.3, 0.4) is 0 Å². The first-order chi connectivity index (χ1) is 14.6. The largest absolute Gasteiger partial charge is 0.490 e. The molecule has 0 saturated carbocycles. The number of ether oxygens (including phenoxy) is 1. The van der Waals surface area contributed by atoms with Crippen LogP contribution in [-0.4, -0.2) is 73.8 Å². The average molecular weight is 521 g/mol. The Balaban J connectivity index is 1.72. The van der Waals surface area contributed by atoms with Crippen LogP contribution >= 0.6 is 23.5 Å². The van der Waals surface area contributed by atoms with Crippen LogP contribution in [0.2, 0.25) is 0 Å². The fourth-order valence-corrected chi connectivity index (χ4v) is 5.80. The van der Waals surface area contributed by atoms with Crippen molar-refractivity contribution < 1.29 is 61.4 Å². The minimum atomic E-state index is -5.71. The van der Waals surface area contributed by atoms with Gasteiger partial charge < -0.3 is 39.1 Å². The van der Waals surface area contributed by atoms with Gasteiger partial charge in [-0.25, -0.2) is 23.7 Å². The van der Waals surface area contributed by atoms with Gasteiger partial charge >= 0.3 is 23.5 Å². The Morgan fingerprint density at radius 2 is 1.72 bits per heavy atom. The first kappa shape index (κ1) is 25.3. The number of rotatable bonds is 8. The number of nitrogens with one attached hydrogen (secondary N) is 1. The van der Waals surface area contributed by atoms with Gasteiger partial charge in [0.2, 0.25) is 0 Å². The maximum absolute atomic E-state index is 11.8. The lowest BCUT2D eigenvalue weighted by Crippen LogP contribution is -2.33. The van der Waals surface area contributed by atoms with E-state index in [0.717, 1.165) is 0 Å². The van der Waals surface area contributed by atoms with Crippen molar-refractivity contribution in [3.8, 4) is 0 Å². The van der Waals surface area contributed by atoms with E-state index in [1.165, 1.54) is 21.8 Å². The fraction of sp³-hybridized carbons (Fsp3) is 0.545. The van der Waals surface area contributed by atoms with Crippen molar-refractivity contribution in [1.82, 2.24) is 19.1 Å². The Morgan fingerprint density at radius 3 is 2.34 bits per heavy atom. The van der Waals surface area contributed by atoms with Crippen molar-refractivity contribution in [3.05, 3.63) is 18.1 Å². The second-order valence-corrected chi connectivity index (χ2v) is 10.9. The summed E-state index contributed by atoms with van der Waals surface area (Å²) in [6, 6.07) is 0. The number of aliphatic hydroxyl groups is 2. The predicted molar refractivity (Wildman–Crippen MR) is 98.1 cm³/mol. The number of aromatic nitrogens is 4. The first-order valence-electron chi connectivity index (χ1n) is 8.33. The molecule has 2 aromatic rings. The SMILES string of the molecule is Cn1cnc2c(ncn2C2OC(COP(=O)(O)OP(=O)(O)OP(=O)(O)O)C(O)C2O)c1=N. The smallest absolute Gasteiger partial charge is 0.387 e. The van der Waals surface area contributed by atoms with Crippen molar-refractivity contribution in [3.63, 3.8) is 0 Å². The van der Waals surface area contributed by atoms with Crippen molar-refractivity contribution >= 4 is 34.6 Å². The van der Waals surface area contributed by atoms with Gasteiger partial charge in [0.25, 0.3) is 0 Å². The van der Waals surface area contributed by atoms with Gasteiger partial charge in [0.15, 0.2) is 17.4 Å². The van der Waals surface area contributed by atoms with Crippen molar-refractivity contribution in [2.45, 2.75) is 24.5 Å². The lowest BCUT2D eigenvalue weighted by molar-refractivity contribution is -0.0503. The molecule has 32 heavy (non-hydrogen) atoms. The number of phosphoric ester groups is 1. The monoisotopic (exact) mass is 521 g/mol. The summed E-state index contributed by atoms with van der Waals surface area (Å²) in [6.07, 6.45) is -3.54. The Hall–Kier alpha value is -1.36. The highest BCUT2D eigenvalue weighted by Gasteiger charge is 2.46. The maximum atomic E-state index is 11.8. The molecule has 1 aliphatic heterocycles. The molecule has 18 nitrogen and oxygen atoms in total. The van der Waals surface area contributed by atoms with Crippen molar-refractivity contribution in [2.75, 3.05) is 6.61 Å². The second-order valence-electron chi connectivity index (χ2n) is 6.46. The van der Waals surface area contributed by atoms with E-state index >= 15 is 0 Å². The van der Waals surface area contributed by atoms with Crippen LogP contribution in [-0.2, 0) is 38.6 Å². The highest BCUT2D eigenvalue weighted by Crippen LogP contribution is 2.66. The van der Waals surface area contributed by atoms with Gasteiger partial charge in [-0.3, -0.25) is 14.5 Å². The minimum absolute atomic E-state index is 0.00555. The van der Waals surface area contributed by atoms with Crippen LogP contribution in [0.5, 0.6) is 0 Å². The van der Waals surface area contributed by atoms with E-state index in [4.69, 9.17) is 24.8 Å². The Labute approximate surface area is 177 Å². The number of aryl methyl sites for hydroxylation is 1. The van der Waals surface area contributed by atoms with Gasteiger partial charge in [0.05, 0.1) is 19.3 Å². The van der Waals surface area contributed by atoms with Crippen LogP contribution in [0.15, 0.2) is 12.7 Å². The highest BCUT2D eigenvalue weighted by molar-refractivity contribution is 7.66. The van der Waals surface area contributed by atoms with Crippen LogP contribution < -0.4 is 5.49 Å². The van der Waals surface area contributed by atoms with Gasteiger partial charge in [-0.15, -0.1) is 0 Å². The molecule has 21 heteroatoms. The number of nitrogens with zero attached hydrogens (tertiary/aromatic N) is 4. The quantitative estimate of drug-likeness (QED) is 0.189. The molecular weight excluding hydrogens is 503 g/mol. The van der Waals surface area contributed by atoms with Gasteiger partial charge in [0.1, 0.15) is 23.8 Å². The lowest BCUT2D eigenvalue weighted by atomic mass is 10.1. The molecule has 6 unspecified atom stereocenters. The molecule has 3 heterocycles. The molecule has 0 aromatic carbocycles. The van der Waals surface area contributed by atoms with Crippen LogP contribution in [0, 0.1) is 5.41 Å². The number of phosphoric acid groups is 3. The van der Waals surface area contributed by atoms with Crippen LogP contribution in [0.1, 0.15) is 6.23 Å². The Bertz CT molecular complexity index is 1210. The van der Waals surface area contributed by atoms with Gasteiger partial charge in [-0.1, -0.05) is 0 Å². The summed E-state index contributed by atoms with van der Waals surface area (Å²) in [5.41, 5.74) is 0.306. The topological polar surface area (TPSA) is 269 Å². The summed E-state index contributed by atoms with van der Waals surface area (Å²) in [7, 11) is -15.1. The Morgan fingerprint density at radius 1 is 1.06 bits per heavy atom. The van der Waals surface area contributed by atoms with E-state index in [-0.39, 0.29) is 16.7 Å². The number of imidazole rings is 1. The van der Waals surface area contributed by atoms with Crippen LogP contribution in [0.4, 0.5) is 0 Å².